The van der Waals surface area contributed by atoms with Crippen LogP contribution in [0.2, 0.25) is 0 Å². The summed E-state index contributed by atoms with van der Waals surface area (Å²) in [6.07, 6.45) is 0. The van der Waals surface area contributed by atoms with E-state index in [1.165, 1.54) is 84.7 Å². The molecule has 0 aliphatic heterocycles. The van der Waals surface area contributed by atoms with E-state index in [1.54, 1.807) is 0 Å². The van der Waals surface area contributed by atoms with Crippen molar-refractivity contribution in [2.45, 2.75) is 0 Å². The Morgan fingerprint density at radius 3 is 1.65 bits per heavy atom. The lowest BCUT2D eigenvalue weighted by atomic mass is 9.98. The predicted octanol–water partition coefficient (Wildman–Crippen LogP) is 14.4. The molecule has 2 heterocycles. The minimum atomic E-state index is 1.14. The van der Waals surface area contributed by atoms with E-state index in [9.17, 15) is 0 Å². The van der Waals surface area contributed by atoms with Crippen LogP contribution in [-0.2, 0) is 0 Å². The zero-order chi connectivity index (χ0) is 32.3. The van der Waals surface area contributed by atoms with Crippen LogP contribution in [0.25, 0.3) is 73.4 Å². The molecule has 0 spiro atoms. The zero-order valence-corrected chi connectivity index (χ0v) is 28.1. The second kappa shape index (κ2) is 11.5. The van der Waals surface area contributed by atoms with Crippen LogP contribution >= 0.6 is 22.7 Å². The maximum Gasteiger partial charge on any atom is 0.0640 e. The monoisotopic (exact) mass is 659 g/mol. The molecule has 0 bridgehead atoms. The van der Waals surface area contributed by atoms with Crippen LogP contribution in [0.5, 0.6) is 0 Å². The van der Waals surface area contributed by atoms with E-state index < -0.39 is 0 Å². The van der Waals surface area contributed by atoms with Gasteiger partial charge in [-0.2, -0.15) is 0 Å². The molecule has 0 saturated carbocycles. The Morgan fingerprint density at radius 1 is 0.327 bits per heavy atom. The lowest BCUT2D eigenvalue weighted by molar-refractivity contribution is 1.32. The molecule has 10 rings (SSSR count). The van der Waals surface area contributed by atoms with Gasteiger partial charge in [0, 0.05) is 36.6 Å². The van der Waals surface area contributed by atoms with Crippen LogP contribution in [0.3, 0.4) is 0 Å². The third-order valence-corrected chi connectivity index (χ3v) is 12.2. The molecule has 3 heteroatoms. The fraction of sp³-hybridized carbons (Fsp3) is 0. The van der Waals surface area contributed by atoms with Gasteiger partial charge in [0.1, 0.15) is 0 Å². The lowest BCUT2D eigenvalue weighted by Gasteiger charge is -2.27. The second-order valence-corrected chi connectivity index (χ2v) is 14.5. The van der Waals surface area contributed by atoms with E-state index in [1.807, 2.05) is 22.7 Å². The van der Waals surface area contributed by atoms with Crippen molar-refractivity contribution in [3.63, 3.8) is 0 Å². The van der Waals surface area contributed by atoms with Crippen molar-refractivity contribution >= 4 is 90.9 Å². The van der Waals surface area contributed by atoms with Crippen LogP contribution in [-0.4, -0.2) is 0 Å². The largest absolute Gasteiger partial charge is 0.308 e. The van der Waals surface area contributed by atoms with E-state index in [0.717, 1.165) is 5.69 Å². The quantitative estimate of drug-likeness (QED) is 0.178. The second-order valence-electron chi connectivity index (χ2n) is 12.5. The Labute approximate surface area is 292 Å². The number of anilines is 3. The summed E-state index contributed by atoms with van der Waals surface area (Å²) in [7, 11) is 0. The highest BCUT2D eigenvalue weighted by atomic mass is 32.1. The molecule has 0 aliphatic rings. The molecule has 2 aromatic heterocycles. The summed E-state index contributed by atoms with van der Waals surface area (Å²) in [6, 6.07) is 64.3. The van der Waals surface area contributed by atoms with Gasteiger partial charge in [-0.15, -0.1) is 22.7 Å². The third kappa shape index (κ3) is 4.58. The average molecular weight is 660 g/mol. The molecule has 0 atom stereocenters. The van der Waals surface area contributed by atoms with Gasteiger partial charge in [-0.3, -0.25) is 0 Å². The minimum Gasteiger partial charge on any atom is -0.308 e. The SMILES string of the molecule is c1ccc(-c2cccc3c2sc2c(N(c4ccc(-c5cccc6ccccc56)cc4)c4cccc5c4sc4ccccc45)cccc23)cc1. The molecule has 0 saturated heterocycles. The lowest BCUT2D eigenvalue weighted by Crippen LogP contribution is -2.10. The van der Waals surface area contributed by atoms with Crippen molar-refractivity contribution in [3.05, 3.63) is 176 Å². The zero-order valence-electron chi connectivity index (χ0n) is 26.5. The van der Waals surface area contributed by atoms with Gasteiger partial charge in [0.2, 0.25) is 0 Å². The number of fused-ring (bicyclic) bond motifs is 7. The first-order valence-corrected chi connectivity index (χ1v) is 18.2. The molecule has 1 nitrogen and oxygen atoms in total. The van der Waals surface area contributed by atoms with Crippen molar-refractivity contribution in [1.82, 2.24) is 0 Å². The Balaban J connectivity index is 1.22. The molecule has 0 N–H and O–H groups in total. The van der Waals surface area contributed by atoms with Crippen LogP contribution in [0, 0.1) is 0 Å². The van der Waals surface area contributed by atoms with E-state index in [2.05, 4.69) is 181 Å². The highest BCUT2D eigenvalue weighted by Gasteiger charge is 2.22. The number of rotatable bonds is 5. The smallest absolute Gasteiger partial charge is 0.0640 e. The molecule has 8 aromatic carbocycles. The van der Waals surface area contributed by atoms with Gasteiger partial charge in [-0.1, -0.05) is 146 Å². The highest BCUT2D eigenvalue weighted by Crippen LogP contribution is 2.50. The van der Waals surface area contributed by atoms with E-state index in [4.69, 9.17) is 0 Å². The van der Waals surface area contributed by atoms with Gasteiger partial charge in [0.15, 0.2) is 0 Å². The molecule has 0 amide bonds. The Morgan fingerprint density at radius 2 is 0.857 bits per heavy atom. The predicted molar refractivity (Wildman–Crippen MR) is 215 cm³/mol. The summed E-state index contributed by atoms with van der Waals surface area (Å²) in [5, 5.41) is 7.72. The average Bonchev–Trinajstić information content (AvgIpc) is 3.75. The van der Waals surface area contributed by atoms with Crippen molar-refractivity contribution in [3.8, 4) is 22.3 Å². The summed E-state index contributed by atoms with van der Waals surface area (Å²) in [4.78, 5) is 2.49. The van der Waals surface area contributed by atoms with E-state index >= 15 is 0 Å². The van der Waals surface area contributed by atoms with Gasteiger partial charge < -0.3 is 4.90 Å². The number of nitrogens with zero attached hydrogens (tertiary/aromatic N) is 1. The first kappa shape index (κ1) is 28.3. The normalized spacial score (nSPS) is 11.7. The molecule has 0 fully saturated rings. The van der Waals surface area contributed by atoms with Crippen LogP contribution in [0.1, 0.15) is 0 Å². The fourth-order valence-corrected chi connectivity index (χ4v) is 9.96. The van der Waals surface area contributed by atoms with Gasteiger partial charge in [0.25, 0.3) is 0 Å². The molecular weight excluding hydrogens is 631 g/mol. The van der Waals surface area contributed by atoms with Crippen molar-refractivity contribution in [2.24, 2.45) is 0 Å². The molecule has 49 heavy (non-hydrogen) atoms. The van der Waals surface area contributed by atoms with Crippen LogP contribution < -0.4 is 4.90 Å². The molecule has 0 radical (unpaired) electrons. The third-order valence-electron chi connectivity index (χ3n) is 9.68. The van der Waals surface area contributed by atoms with Crippen LogP contribution in [0.4, 0.5) is 17.1 Å². The minimum absolute atomic E-state index is 1.14. The first-order valence-electron chi connectivity index (χ1n) is 16.6. The molecule has 0 unspecified atom stereocenters. The Bertz CT molecular complexity index is 2820. The number of hydrogen-bond donors (Lipinski definition) is 0. The highest BCUT2D eigenvalue weighted by molar-refractivity contribution is 7.27. The van der Waals surface area contributed by atoms with Crippen molar-refractivity contribution < 1.29 is 0 Å². The summed E-state index contributed by atoms with van der Waals surface area (Å²) in [5.41, 5.74) is 8.53. The maximum absolute atomic E-state index is 2.49. The summed E-state index contributed by atoms with van der Waals surface area (Å²) in [6.45, 7) is 0. The van der Waals surface area contributed by atoms with Gasteiger partial charge >= 0.3 is 0 Å². The fourth-order valence-electron chi connectivity index (χ4n) is 7.41. The Kier molecular flexibility index (Phi) is 6.61. The molecular formula is C46H29NS2. The van der Waals surface area contributed by atoms with E-state index in [-0.39, 0.29) is 0 Å². The summed E-state index contributed by atoms with van der Waals surface area (Å²) in [5.74, 6) is 0. The number of thiophene rings is 2. The Hall–Kier alpha value is -5.74. The van der Waals surface area contributed by atoms with Crippen molar-refractivity contribution in [1.29, 1.82) is 0 Å². The van der Waals surface area contributed by atoms with Crippen LogP contribution in [0.15, 0.2) is 176 Å². The molecule has 0 aliphatic carbocycles. The van der Waals surface area contributed by atoms with Crippen molar-refractivity contribution in [2.75, 3.05) is 4.90 Å². The maximum atomic E-state index is 2.49. The van der Waals surface area contributed by atoms with Gasteiger partial charge in [0.05, 0.1) is 20.8 Å². The van der Waals surface area contributed by atoms with E-state index in [0.29, 0.717) is 0 Å². The summed E-state index contributed by atoms with van der Waals surface area (Å²) < 4.78 is 5.22. The van der Waals surface area contributed by atoms with Gasteiger partial charge in [-0.05, 0) is 63.4 Å². The molecule has 10 aromatic rings. The molecule has 230 valence electrons. The first-order chi connectivity index (χ1) is 24.3. The number of benzene rings is 8. The van der Waals surface area contributed by atoms with Gasteiger partial charge in [-0.25, -0.2) is 0 Å². The standard InChI is InChI=1S/C46H29NS2/c1-2-12-31(13-3-1)36-19-9-20-39-40-22-11-24-42(46(40)49-44(36)39)47(41-23-10-21-38-37-17-6-7-25-43(37)48-45(38)41)33-28-26-32(27-29-33)35-18-8-15-30-14-4-5-16-34(30)35/h1-29H. The topological polar surface area (TPSA) is 3.24 Å². The summed E-state index contributed by atoms with van der Waals surface area (Å²) >= 11 is 3.78. The number of hydrogen-bond acceptors (Lipinski definition) is 3.